The molecule has 1 saturated heterocycles. The van der Waals surface area contributed by atoms with Crippen LogP contribution in [0, 0.1) is 11.8 Å². The monoisotopic (exact) mass is 211 g/mol. The fraction of sp³-hybridized carbons (Fsp3) is 0.923. The molecule has 0 saturated carbocycles. The lowest BCUT2D eigenvalue weighted by Crippen LogP contribution is -2.47. The van der Waals surface area contributed by atoms with E-state index in [0.29, 0.717) is 11.8 Å². The van der Waals surface area contributed by atoms with Crippen molar-refractivity contribution < 1.29 is 4.79 Å². The maximum absolute atomic E-state index is 11.5. The SMILES string of the molecule is CC(C)CCCN1CCC(=O)C(C)C1C. The molecule has 88 valence electrons. The molecule has 2 heteroatoms. The van der Waals surface area contributed by atoms with Crippen molar-refractivity contribution in [3.05, 3.63) is 0 Å². The van der Waals surface area contributed by atoms with E-state index in [9.17, 15) is 4.79 Å². The third kappa shape index (κ3) is 3.60. The van der Waals surface area contributed by atoms with Crippen LogP contribution in [0.1, 0.15) is 47.0 Å². The second-order valence-corrected chi connectivity index (χ2v) is 5.32. The van der Waals surface area contributed by atoms with E-state index < -0.39 is 0 Å². The molecule has 0 bridgehead atoms. The number of hydrogen-bond donors (Lipinski definition) is 0. The van der Waals surface area contributed by atoms with Gasteiger partial charge in [-0.3, -0.25) is 9.69 Å². The quantitative estimate of drug-likeness (QED) is 0.712. The minimum atomic E-state index is 0.234. The number of carbonyl (C=O) groups is 1. The van der Waals surface area contributed by atoms with Crippen LogP contribution in [-0.2, 0) is 4.79 Å². The van der Waals surface area contributed by atoms with Gasteiger partial charge in [0.2, 0.25) is 0 Å². The molecule has 0 aromatic rings. The zero-order valence-electron chi connectivity index (χ0n) is 10.6. The van der Waals surface area contributed by atoms with Crippen LogP contribution in [0.15, 0.2) is 0 Å². The summed E-state index contributed by atoms with van der Waals surface area (Å²) in [7, 11) is 0. The predicted molar refractivity (Wildman–Crippen MR) is 63.9 cm³/mol. The first-order valence-corrected chi connectivity index (χ1v) is 6.29. The number of Topliss-reactive ketones (excluding diaryl/α,β-unsaturated/α-hetero) is 1. The average molecular weight is 211 g/mol. The van der Waals surface area contributed by atoms with E-state index in [1.165, 1.54) is 12.8 Å². The van der Waals surface area contributed by atoms with Gasteiger partial charge in [0.1, 0.15) is 5.78 Å². The van der Waals surface area contributed by atoms with E-state index >= 15 is 0 Å². The molecule has 2 nitrogen and oxygen atoms in total. The van der Waals surface area contributed by atoms with Crippen LogP contribution >= 0.6 is 0 Å². The summed E-state index contributed by atoms with van der Waals surface area (Å²) < 4.78 is 0. The normalized spacial score (nSPS) is 28.7. The summed E-state index contributed by atoms with van der Waals surface area (Å²) in [5.41, 5.74) is 0. The Hall–Kier alpha value is -0.370. The lowest BCUT2D eigenvalue weighted by atomic mass is 9.90. The zero-order chi connectivity index (χ0) is 11.4. The van der Waals surface area contributed by atoms with Gasteiger partial charge in [-0.1, -0.05) is 20.8 Å². The lowest BCUT2D eigenvalue weighted by Gasteiger charge is -2.37. The number of likely N-dealkylation sites (tertiary alicyclic amines) is 1. The van der Waals surface area contributed by atoms with Gasteiger partial charge in [0.15, 0.2) is 0 Å². The summed E-state index contributed by atoms with van der Waals surface area (Å²) in [4.78, 5) is 14.0. The van der Waals surface area contributed by atoms with Gasteiger partial charge in [-0.15, -0.1) is 0 Å². The minimum absolute atomic E-state index is 0.234. The van der Waals surface area contributed by atoms with Crippen molar-refractivity contribution in [1.29, 1.82) is 0 Å². The zero-order valence-corrected chi connectivity index (χ0v) is 10.6. The fourth-order valence-corrected chi connectivity index (χ4v) is 2.29. The molecule has 1 fully saturated rings. The number of hydrogen-bond acceptors (Lipinski definition) is 2. The summed E-state index contributed by atoms with van der Waals surface area (Å²) in [5, 5.41) is 0. The second-order valence-electron chi connectivity index (χ2n) is 5.32. The number of ketones is 1. The smallest absolute Gasteiger partial charge is 0.138 e. The van der Waals surface area contributed by atoms with Gasteiger partial charge in [-0.2, -0.15) is 0 Å². The van der Waals surface area contributed by atoms with E-state index in [1.54, 1.807) is 0 Å². The van der Waals surface area contributed by atoms with Crippen LogP contribution in [0.5, 0.6) is 0 Å². The Labute approximate surface area is 94.0 Å². The number of nitrogens with zero attached hydrogens (tertiary/aromatic N) is 1. The maximum atomic E-state index is 11.5. The molecule has 0 radical (unpaired) electrons. The van der Waals surface area contributed by atoms with E-state index in [4.69, 9.17) is 0 Å². The van der Waals surface area contributed by atoms with Crippen molar-refractivity contribution in [2.75, 3.05) is 13.1 Å². The molecule has 0 aromatic carbocycles. The summed E-state index contributed by atoms with van der Waals surface area (Å²) in [5.74, 6) is 1.48. The van der Waals surface area contributed by atoms with Crippen LogP contribution in [0.25, 0.3) is 0 Å². The molecule has 1 aliphatic rings. The first kappa shape index (κ1) is 12.7. The molecule has 1 heterocycles. The highest BCUT2D eigenvalue weighted by atomic mass is 16.1. The van der Waals surface area contributed by atoms with Gasteiger partial charge in [0.05, 0.1) is 0 Å². The van der Waals surface area contributed by atoms with E-state index in [1.807, 2.05) is 0 Å². The Kier molecular flexibility index (Phi) is 4.78. The fourth-order valence-electron chi connectivity index (χ4n) is 2.29. The van der Waals surface area contributed by atoms with E-state index in [-0.39, 0.29) is 5.92 Å². The van der Waals surface area contributed by atoms with Crippen molar-refractivity contribution in [3.63, 3.8) is 0 Å². The highest BCUT2D eigenvalue weighted by Gasteiger charge is 2.29. The Bertz CT molecular complexity index is 213. The van der Waals surface area contributed by atoms with Crippen molar-refractivity contribution in [1.82, 2.24) is 4.90 Å². The average Bonchev–Trinajstić information content (AvgIpc) is 2.18. The molecule has 2 atom stereocenters. The molecule has 0 aliphatic carbocycles. The number of rotatable bonds is 4. The molecule has 0 N–H and O–H groups in total. The lowest BCUT2D eigenvalue weighted by molar-refractivity contribution is -0.127. The van der Waals surface area contributed by atoms with Crippen molar-refractivity contribution in [3.8, 4) is 0 Å². The summed E-state index contributed by atoms with van der Waals surface area (Å²) in [6, 6.07) is 0.443. The largest absolute Gasteiger partial charge is 0.300 e. The summed E-state index contributed by atoms with van der Waals surface area (Å²) >= 11 is 0. The van der Waals surface area contributed by atoms with E-state index in [0.717, 1.165) is 25.4 Å². The maximum Gasteiger partial charge on any atom is 0.138 e. The Balaban J connectivity index is 2.33. The van der Waals surface area contributed by atoms with E-state index in [2.05, 4.69) is 32.6 Å². The summed E-state index contributed by atoms with van der Waals surface area (Å²) in [6.45, 7) is 10.9. The van der Waals surface area contributed by atoms with Crippen molar-refractivity contribution in [2.45, 2.75) is 53.0 Å². The van der Waals surface area contributed by atoms with Crippen LogP contribution in [0.4, 0.5) is 0 Å². The van der Waals surface area contributed by atoms with Crippen LogP contribution in [0.2, 0.25) is 0 Å². The van der Waals surface area contributed by atoms with Crippen molar-refractivity contribution in [2.24, 2.45) is 11.8 Å². The minimum Gasteiger partial charge on any atom is -0.300 e. The number of carbonyl (C=O) groups excluding carboxylic acids is 1. The Morgan fingerprint density at radius 3 is 2.67 bits per heavy atom. The third-order valence-corrected chi connectivity index (χ3v) is 3.68. The molecule has 15 heavy (non-hydrogen) atoms. The van der Waals surface area contributed by atoms with Gasteiger partial charge in [0.25, 0.3) is 0 Å². The van der Waals surface area contributed by atoms with Gasteiger partial charge < -0.3 is 0 Å². The van der Waals surface area contributed by atoms with Gasteiger partial charge in [0, 0.05) is 24.9 Å². The van der Waals surface area contributed by atoms with Crippen LogP contribution in [0.3, 0.4) is 0 Å². The second kappa shape index (κ2) is 5.64. The number of piperidine rings is 1. The third-order valence-electron chi connectivity index (χ3n) is 3.68. The van der Waals surface area contributed by atoms with Gasteiger partial charge in [-0.25, -0.2) is 0 Å². The molecule has 0 aromatic heterocycles. The predicted octanol–water partition coefficient (Wildman–Crippen LogP) is 2.72. The molecule has 1 rings (SSSR count). The first-order chi connectivity index (χ1) is 7.02. The van der Waals surface area contributed by atoms with Crippen LogP contribution in [-0.4, -0.2) is 29.8 Å². The molecule has 0 amide bonds. The summed E-state index contributed by atoms with van der Waals surface area (Å²) in [6.07, 6.45) is 3.32. The first-order valence-electron chi connectivity index (χ1n) is 6.29. The Morgan fingerprint density at radius 1 is 1.40 bits per heavy atom. The topological polar surface area (TPSA) is 20.3 Å². The van der Waals surface area contributed by atoms with Gasteiger partial charge >= 0.3 is 0 Å². The highest BCUT2D eigenvalue weighted by molar-refractivity contribution is 5.82. The molecular weight excluding hydrogens is 186 g/mol. The molecular formula is C13H25NO. The van der Waals surface area contributed by atoms with Crippen LogP contribution < -0.4 is 0 Å². The molecule has 2 unspecified atom stereocenters. The van der Waals surface area contributed by atoms with Gasteiger partial charge in [-0.05, 0) is 32.2 Å². The highest BCUT2D eigenvalue weighted by Crippen LogP contribution is 2.20. The molecule has 0 spiro atoms. The Morgan fingerprint density at radius 2 is 2.07 bits per heavy atom. The molecule has 1 aliphatic heterocycles. The standard InChI is InChI=1S/C13H25NO/c1-10(2)6-5-8-14-9-7-13(15)11(3)12(14)4/h10-12H,5-9H2,1-4H3. The van der Waals surface area contributed by atoms with Crippen molar-refractivity contribution >= 4 is 5.78 Å².